The van der Waals surface area contributed by atoms with Gasteiger partial charge in [0.2, 0.25) is 5.91 Å². The number of likely N-dealkylation sites (N-methyl/N-ethyl adjacent to an activating group) is 1. The first-order chi connectivity index (χ1) is 13.0. The van der Waals surface area contributed by atoms with E-state index in [4.69, 9.17) is 4.74 Å². The average molecular weight is 366 g/mol. The Bertz CT molecular complexity index is 1010. The van der Waals surface area contributed by atoms with Crippen LogP contribution in [0.3, 0.4) is 0 Å². The molecule has 0 aliphatic carbocycles. The van der Waals surface area contributed by atoms with Gasteiger partial charge in [0.1, 0.15) is 11.4 Å². The minimum atomic E-state index is -0.143. The number of amides is 1. The number of aromatic nitrogens is 2. The lowest BCUT2D eigenvalue weighted by Gasteiger charge is -2.16. The Balaban J connectivity index is 1.64. The number of fused-ring (bicyclic) bond motifs is 1. The molecule has 0 saturated carbocycles. The second kappa shape index (κ2) is 8.01. The number of nitrogens with one attached hydrogen (secondary N) is 1. The summed E-state index contributed by atoms with van der Waals surface area (Å²) < 4.78 is 6.67. The highest BCUT2D eigenvalue weighted by Crippen LogP contribution is 2.15. The van der Waals surface area contributed by atoms with E-state index in [-0.39, 0.29) is 18.0 Å². The predicted octanol–water partition coefficient (Wildman–Crippen LogP) is 2.08. The van der Waals surface area contributed by atoms with E-state index in [1.165, 1.54) is 6.07 Å². The van der Waals surface area contributed by atoms with E-state index < -0.39 is 0 Å². The van der Waals surface area contributed by atoms with Gasteiger partial charge in [-0.15, -0.1) is 0 Å². The van der Waals surface area contributed by atoms with Crippen LogP contribution in [-0.2, 0) is 11.3 Å². The molecule has 0 bridgehead atoms. The van der Waals surface area contributed by atoms with Gasteiger partial charge in [-0.3, -0.25) is 18.9 Å². The molecule has 0 aliphatic heterocycles. The van der Waals surface area contributed by atoms with Crippen molar-refractivity contribution < 1.29 is 9.53 Å². The van der Waals surface area contributed by atoms with Crippen molar-refractivity contribution in [1.82, 2.24) is 14.3 Å². The topological polar surface area (TPSA) is 75.9 Å². The summed E-state index contributed by atoms with van der Waals surface area (Å²) in [5, 5.41) is 2.84. The lowest BCUT2D eigenvalue weighted by molar-refractivity contribution is -0.117. The van der Waals surface area contributed by atoms with Crippen LogP contribution in [0.4, 0.5) is 5.69 Å². The lowest BCUT2D eigenvalue weighted by atomic mass is 10.3. The van der Waals surface area contributed by atoms with Gasteiger partial charge in [0, 0.05) is 24.0 Å². The average Bonchev–Trinajstić information content (AvgIpc) is 2.61. The second-order valence-electron chi connectivity index (χ2n) is 6.40. The van der Waals surface area contributed by atoms with Crippen molar-refractivity contribution in [1.29, 1.82) is 0 Å². The molecule has 1 amide bonds. The summed E-state index contributed by atoms with van der Waals surface area (Å²) in [4.78, 5) is 30.9. The molecule has 3 aromatic rings. The first-order valence-corrected chi connectivity index (χ1v) is 8.57. The van der Waals surface area contributed by atoms with Crippen LogP contribution in [-0.4, -0.2) is 40.9 Å². The third-order valence-corrected chi connectivity index (χ3v) is 4.15. The maximum absolute atomic E-state index is 12.3. The Kier molecular flexibility index (Phi) is 5.52. The summed E-state index contributed by atoms with van der Waals surface area (Å²) in [5.41, 5.74) is 2.65. The van der Waals surface area contributed by atoms with Gasteiger partial charge in [-0.25, -0.2) is 4.98 Å². The quantitative estimate of drug-likeness (QED) is 0.723. The highest BCUT2D eigenvalue weighted by molar-refractivity contribution is 5.92. The zero-order valence-electron chi connectivity index (χ0n) is 15.6. The number of ether oxygens (including phenoxy) is 1. The van der Waals surface area contributed by atoms with Crippen molar-refractivity contribution in [3.8, 4) is 5.75 Å². The zero-order chi connectivity index (χ0) is 19.4. The van der Waals surface area contributed by atoms with E-state index in [0.29, 0.717) is 23.6 Å². The number of rotatable bonds is 6. The molecule has 7 heteroatoms. The smallest absolute Gasteiger partial charge is 0.258 e. The number of carbonyl (C=O) groups excluding carboxylic acids is 1. The van der Waals surface area contributed by atoms with E-state index in [1.54, 1.807) is 41.8 Å². The molecule has 0 spiro atoms. The Labute approximate surface area is 157 Å². The lowest BCUT2D eigenvalue weighted by Crippen LogP contribution is -2.30. The minimum Gasteiger partial charge on any atom is -0.497 e. The number of benzene rings is 1. The Morgan fingerprint density at radius 1 is 1.22 bits per heavy atom. The SMILES string of the molecule is COc1ccc(NC(=O)CN(C)Cc2cc(=O)n3c(C)cccc3n2)cc1. The van der Waals surface area contributed by atoms with Crippen molar-refractivity contribution in [2.45, 2.75) is 13.5 Å². The van der Waals surface area contributed by atoms with Gasteiger partial charge in [0.05, 0.1) is 19.3 Å². The molecule has 2 heterocycles. The van der Waals surface area contributed by atoms with Gasteiger partial charge in [-0.1, -0.05) is 6.07 Å². The van der Waals surface area contributed by atoms with Crippen LogP contribution in [0.25, 0.3) is 5.65 Å². The molecule has 0 fully saturated rings. The van der Waals surface area contributed by atoms with Crippen molar-refractivity contribution >= 4 is 17.2 Å². The van der Waals surface area contributed by atoms with E-state index in [9.17, 15) is 9.59 Å². The maximum Gasteiger partial charge on any atom is 0.258 e. The molecule has 27 heavy (non-hydrogen) atoms. The highest BCUT2D eigenvalue weighted by atomic mass is 16.5. The summed E-state index contributed by atoms with van der Waals surface area (Å²) >= 11 is 0. The monoisotopic (exact) mass is 366 g/mol. The molecule has 0 unspecified atom stereocenters. The van der Waals surface area contributed by atoms with Crippen LogP contribution in [0.2, 0.25) is 0 Å². The van der Waals surface area contributed by atoms with Crippen molar-refractivity contribution in [2.75, 3.05) is 26.0 Å². The number of methoxy groups -OCH3 is 1. The molecular formula is C20H22N4O3. The van der Waals surface area contributed by atoms with Gasteiger partial charge in [-0.2, -0.15) is 0 Å². The van der Waals surface area contributed by atoms with E-state index in [0.717, 1.165) is 11.4 Å². The van der Waals surface area contributed by atoms with Crippen LogP contribution < -0.4 is 15.6 Å². The number of hydrogen-bond acceptors (Lipinski definition) is 5. The van der Waals surface area contributed by atoms with Gasteiger partial charge in [0.15, 0.2) is 0 Å². The van der Waals surface area contributed by atoms with E-state index in [1.807, 2.05) is 31.0 Å². The predicted molar refractivity (Wildman–Crippen MR) is 104 cm³/mol. The van der Waals surface area contributed by atoms with Crippen LogP contribution in [0, 0.1) is 6.92 Å². The van der Waals surface area contributed by atoms with Crippen molar-refractivity contribution in [2.24, 2.45) is 0 Å². The fourth-order valence-corrected chi connectivity index (χ4v) is 2.90. The zero-order valence-corrected chi connectivity index (χ0v) is 15.6. The summed E-state index contributed by atoms with van der Waals surface area (Å²) in [6.45, 7) is 2.45. The summed E-state index contributed by atoms with van der Waals surface area (Å²) in [5.74, 6) is 0.588. The van der Waals surface area contributed by atoms with Crippen LogP contribution >= 0.6 is 0 Å². The van der Waals surface area contributed by atoms with E-state index >= 15 is 0 Å². The van der Waals surface area contributed by atoms with Crippen LogP contribution in [0.5, 0.6) is 5.75 Å². The first kappa shape index (κ1) is 18.6. The van der Waals surface area contributed by atoms with Gasteiger partial charge in [-0.05, 0) is 50.4 Å². The number of nitrogens with zero attached hydrogens (tertiary/aromatic N) is 3. The van der Waals surface area contributed by atoms with Gasteiger partial charge < -0.3 is 10.1 Å². The normalized spacial score (nSPS) is 11.0. The number of pyridine rings is 1. The standard InChI is InChI=1S/C20H22N4O3/c1-14-5-4-6-18-21-16(11-20(26)24(14)18)12-23(2)13-19(25)22-15-7-9-17(27-3)10-8-15/h4-11H,12-13H2,1-3H3,(H,22,25). The molecule has 3 rings (SSSR count). The molecule has 0 radical (unpaired) electrons. The largest absolute Gasteiger partial charge is 0.497 e. The van der Waals surface area contributed by atoms with Crippen LogP contribution in [0.1, 0.15) is 11.4 Å². The second-order valence-corrected chi connectivity index (χ2v) is 6.40. The first-order valence-electron chi connectivity index (χ1n) is 8.57. The molecule has 1 aromatic carbocycles. The summed E-state index contributed by atoms with van der Waals surface area (Å²) in [6, 6.07) is 14.2. The third-order valence-electron chi connectivity index (χ3n) is 4.15. The number of anilines is 1. The Morgan fingerprint density at radius 2 is 1.96 bits per heavy atom. The van der Waals surface area contributed by atoms with Gasteiger partial charge >= 0.3 is 0 Å². The number of carbonyl (C=O) groups is 1. The fourth-order valence-electron chi connectivity index (χ4n) is 2.90. The maximum atomic E-state index is 12.3. The molecule has 0 atom stereocenters. The summed E-state index contributed by atoms with van der Waals surface area (Å²) in [7, 11) is 3.41. The van der Waals surface area contributed by atoms with E-state index in [2.05, 4.69) is 10.3 Å². The Morgan fingerprint density at radius 3 is 2.67 bits per heavy atom. The highest BCUT2D eigenvalue weighted by Gasteiger charge is 2.10. The van der Waals surface area contributed by atoms with Gasteiger partial charge in [0.25, 0.3) is 5.56 Å². The molecule has 1 N–H and O–H groups in total. The molecule has 140 valence electrons. The molecule has 0 saturated heterocycles. The third kappa shape index (κ3) is 4.51. The number of aryl methyl sites for hydroxylation is 1. The van der Waals surface area contributed by atoms with Crippen LogP contribution in [0.15, 0.2) is 53.3 Å². The van der Waals surface area contributed by atoms with Crippen molar-refractivity contribution in [3.05, 3.63) is 70.3 Å². The molecule has 7 nitrogen and oxygen atoms in total. The number of hydrogen-bond donors (Lipinski definition) is 1. The summed E-state index contributed by atoms with van der Waals surface area (Å²) in [6.07, 6.45) is 0. The minimum absolute atomic E-state index is 0.121. The molecule has 2 aromatic heterocycles. The van der Waals surface area contributed by atoms with Crippen molar-refractivity contribution in [3.63, 3.8) is 0 Å². The fraction of sp³-hybridized carbons (Fsp3) is 0.250. The Hall–Kier alpha value is -3.19. The molecular weight excluding hydrogens is 344 g/mol. The molecule has 0 aliphatic rings.